The molecule has 0 aliphatic rings. The molecule has 0 spiro atoms. The summed E-state index contributed by atoms with van der Waals surface area (Å²) in [5, 5.41) is 14.6. The molecule has 0 saturated carbocycles. The van der Waals surface area contributed by atoms with Gasteiger partial charge in [-0.25, -0.2) is 4.68 Å². The fourth-order valence-electron chi connectivity index (χ4n) is 3.77. The van der Waals surface area contributed by atoms with E-state index in [9.17, 15) is 4.79 Å². The Morgan fingerprint density at radius 3 is 2.68 bits per heavy atom. The molecule has 2 aromatic heterocycles. The number of hydrogen-bond donors (Lipinski definition) is 1. The van der Waals surface area contributed by atoms with Crippen molar-refractivity contribution in [2.24, 2.45) is 0 Å². The molecular formula is C26H22ClN5O2. The zero-order valence-corrected chi connectivity index (χ0v) is 19.2. The normalized spacial score (nSPS) is 11.0. The molecule has 0 aliphatic heterocycles. The van der Waals surface area contributed by atoms with Gasteiger partial charge in [0.25, 0.3) is 5.91 Å². The molecule has 0 unspecified atom stereocenters. The van der Waals surface area contributed by atoms with Gasteiger partial charge in [0.1, 0.15) is 5.75 Å². The first-order valence-electron chi connectivity index (χ1n) is 10.8. The lowest BCUT2D eigenvalue weighted by molar-refractivity contribution is 0.101. The number of benzene rings is 3. The van der Waals surface area contributed by atoms with Crippen LogP contribution in [0.15, 0.2) is 85.2 Å². The Bertz CT molecular complexity index is 1470. The third-order valence-corrected chi connectivity index (χ3v) is 5.69. The number of anilines is 1. The van der Waals surface area contributed by atoms with Crippen LogP contribution in [-0.2, 0) is 13.3 Å². The van der Waals surface area contributed by atoms with Crippen molar-refractivity contribution in [1.29, 1.82) is 0 Å². The van der Waals surface area contributed by atoms with Gasteiger partial charge in [0.2, 0.25) is 0 Å². The molecule has 5 aromatic rings. The third-order valence-electron chi connectivity index (χ3n) is 5.46. The first kappa shape index (κ1) is 21.7. The Morgan fingerprint density at radius 1 is 0.971 bits per heavy atom. The number of carbonyl (C=O) groups excluding carboxylic acids is 1. The maximum Gasteiger partial charge on any atom is 0.277 e. The van der Waals surface area contributed by atoms with Crippen LogP contribution in [-0.4, -0.2) is 25.5 Å². The predicted molar refractivity (Wildman–Crippen MR) is 132 cm³/mol. The van der Waals surface area contributed by atoms with Crippen molar-refractivity contribution in [3.63, 3.8) is 0 Å². The first-order chi connectivity index (χ1) is 16.5. The number of carbonyl (C=O) groups is 1. The maximum absolute atomic E-state index is 12.6. The Balaban J connectivity index is 1.21. The van der Waals surface area contributed by atoms with Gasteiger partial charge < -0.3 is 10.1 Å². The molecule has 0 fully saturated rings. The number of rotatable bonds is 7. The minimum atomic E-state index is -0.336. The maximum atomic E-state index is 12.6. The van der Waals surface area contributed by atoms with E-state index in [4.69, 9.17) is 16.3 Å². The van der Waals surface area contributed by atoms with Crippen molar-refractivity contribution < 1.29 is 9.53 Å². The van der Waals surface area contributed by atoms with Gasteiger partial charge in [-0.3, -0.25) is 9.48 Å². The Hall–Kier alpha value is -4.10. The standard InChI is InChI=1S/C26H22ClN5O2/c1-18-15-21(27)9-10-24(18)34-17-32-13-11-23(29-32)26(33)28-25-12-14-31(30-25)16-20-7-4-6-19-5-2-3-8-22(19)20/h2-15H,16-17H2,1H3,(H,28,30,33). The van der Waals surface area contributed by atoms with Crippen LogP contribution in [0.5, 0.6) is 5.75 Å². The molecule has 0 atom stereocenters. The summed E-state index contributed by atoms with van der Waals surface area (Å²) < 4.78 is 9.14. The quantitative estimate of drug-likeness (QED) is 0.338. The van der Waals surface area contributed by atoms with E-state index in [2.05, 4.69) is 39.8 Å². The van der Waals surface area contributed by atoms with Crippen LogP contribution in [0.25, 0.3) is 10.8 Å². The number of ether oxygens (including phenoxy) is 1. The van der Waals surface area contributed by atoms with E-state index >= 15 is 0 Å². The summed E-state index contributed by atoms with van der Waals surface area (Å²) in [4.78, 5) is 12.6. The molecule has 0 saturated heterocycles. The number of aryl methyl sites for hydroxylation is 1. The number of nitrogens with one attached hydrogen (secondary N) is 1. The molecule has 170 valence electrons. The van der Waals surface area contributed by atoms with Crippen LogP contribution in [0.2, 0.25) is 5.02 Å². The van der Waals surface area contributed by atoms with Crippen molar-refractivity contribution in [2.45, 2.75) is 20.2 Å². The average Bonchev–Trinajstić information content (AvgIpc) is 3.48. The summed E-state index contributed by atoms with van der Waals surface area (Å²) in [7, 11) is 0. The van der Waals surface area contributed by atoms with Crippen LogP contribution in [0.4, 0.5) is 5.82 Å². The third kappa shape index (κ3) is 4.79. The zero-order chi connectivity index (χ0) is 23.5. The summed E-state index contributed by atoms with van der Waals surface area (Å²) in [6, 6.07) is 23.3. The summed E-state index contributed by atoms with van der Waals surface area (Å²) in [5.41, 5.74) is 2.37. The molecule has 0 bridgehead atoms. The van der Waals surface area contributed by atoms with Gasteiger partial charge in [-0.15, -0.1) is 0 Å². The number of nitrogens with zero attached hydrogens (tertiary/aromatic N) is 4. The van der Waals surface area contributed by atoms with Crippen molar-refractivity contribution >= 4 is 34.1 Å². The molecule has 2 heterocycles. The van der Waals surface area contributed by atoms with E-state index in [0.717, 1.165) is 11.1 Å². The van der Waals surface area contributed by atoms with Crippen LogP contribution >= 0.6 is 11.6 Å². The molecule has 8 heteroatoms. The number of hydrogen-bond acceptors (Lipinski definition) is 4. The fraction of sp³-hybridized carbons (Fsp3) is 0.115. The molecule has 0 radical (unpaired) electrons. The molecule has 0 aliphatic carbocycles. The minimum Gasteiger partial charge on any atom is -0.471 e. The van der Waals surface area contributed by atoms with E-state index < -0.39 is 0 Å². The lowest BCUT2D eigenvalue weighted by atomic mass is 10.0. The van der Waals surface area contributed by atoms with Gasteiger partial charge in [-0.05, 0) is 53.1 Å². The zero-order valence-electron chi connectivity index (χ0n) is 18.5. The lowest BCUT2D eigenvalue weighted by Gasteiger charge is -2.09. The second-order valence-electron chi connectivity index (χ2n) is 7.91. The Morgan fingerprint density at radius 2 is 1.79 bits per heavy atom. The molecule has 1 N–H and O–H groups in total. The van der Waals surface area contributed by atoms with Crippen LogP contribution in [0, 0.1) is 6.92 Å². The number of fused-ring (bicyclic) bond motifs is 1. The van der Waals surface area contributed by atoms with Crippen molar-refractivity contribution in [2.75, 3.05) is 5.32 Å². The highest BCUT2D eigenvalue weighted by molar-refractivity contribution is 6.30. The summed E-state index contributed by atoms with van der Waals surface area (Å²) in [5.74, 6) is 0.840. The number of amides is 1. The second-order valence-corrected chi connectivity index (χ2v) is 8.35. The van der Waals surface area contributed by atoms with E-state index in [1.165, 1.54) is 10.8 Å². The highest BCUT2D eigenvalue weighted by atomic mass is 35.5. The topological polar surface area (TPSA) is 74.0 Å². The minimum absolute atomic E-state index is 0.176. The molecule has 7 nitrogen and oxygen atoms in total. The molecule has 3 aromatic carbocycles. The average molecular weight is 472 g/mol. The summed E-state index contributed by atoms with van der Waals surface area (Å²) in [6.07, 6.45) is 3.54. The van der Waals surface area contributed by atoms with Crippen molar-refractivity contribution in [3.8, 4) is 5.75 Å². The van der Waals surface area contributed by atoms with Gasteiger partial charge in [0.15, 0.2) is 18.2 Å². The van der Waals surface area contributed by atoms with Gasteiger partial charge in [0.05, 0.1) is 6.54 Å². The van der Waals surface area contributed by atoms with E-state index in [-0.39, 0.29) is 18.3 Å². The molecule has 5 rings (SSSR count). The largest absolute Gasteiger partial charge is 0.471 e. The van der Waals surface area contributed by atoms with Crippen LogP contribution < -0.4 is 10.1 Å². The summed E-state index contributed by atoms with van der Waals surface area (Å²) in [6.45, 7) is 2.70. The number of halogens is 1. The van der Waals surface area contributed by atoms with Gasteiger partial charge >= 0.3 is 0 Å². The van der Waals surface area contributed by atoms with Crippen LogP contribution in [0.3, 0.4) is 0 Å². The van der Waals surface area contributed by atoms with Crippen molar-refractivity contribution in [1.82, 2.24) is 19.6 Å². The Labute approximate surface area is 201 Å². The van der Waals surface area contributed by atoms with Gasteiger partial charge in [-0.2, -0.15) is 10.2 Å². The highest BCUT2D eigenvalue weighted by Crippen LogP contribution is 2.22. The highest BCUT2D eigenvalue weighted by Gasteiger charge is 2.12. The SMILES string of the molecule is Cc1cc(Cl)ccc1OCn1ccc(C(=O)Nc2ccn(Cc3cccc4ccccc34)n2)n1. The summed E-state index contributed by atoms with van der Waals surface area (Å²) >= 11 is 5.98. The van der Waals surface area contributed by atoms with Crippen molar-refractivity contribution in [3.05, 3.63) is 107 Å². The monoisotopic (exact) mass is 471 g/mol. The smallest absolute Gasteiger partial charge is 0.277 e. The fourth-order valence-corrected chi connectivity index (χ4v) is 3.99. The van der Waals surface area contributed by atoms with E-state index in [0.29, 0.717) is 23.1 Å². The predicted octanol–water partition coefficient (Wildman–Crippen LogP) is 5.53. The van der Waals surface area contributed by atoms with Crippen LogP contribution in [0.1, 0.15) is 21.6 Å². The second kappa shape index (κ2) is 9.41. The van der Waals surface area contributed by atoms with E-state index in [1.807, 2.05) is 43.5 Å². The van der Waals surface area contributed by atoms with Gasteiger partial charge in [-0.1, -0.05) is 54.1 Å². The lowest BCUT2D eigenvalue weighted by Crippen LogP contribution is -2.15. The number of aromatic nitrogens is 4. The molecule has 34 heavy (non-hydrogen) atoms. The molecular weight excluding hydrogens is 450 g/mol. The molecule has 1 amide bonds. The van der Waals surface area contributed by atoms with Gasteiger partial charge in [0, 0.05) is 23.5 Å². The first-order valence-corrected chi connectivity index (χ1v) is 11.2. The van der Waals surface area contributed by atoms with E-state index in [1.54, 1.807) is 33.8 Å². The Kier molecular flexibility index (Phi) is 6.01.